The molecular weight excluding hydrogens is 238 g/mol. The maximum absolute atomic E-state index is 5.60. The number of hydrogen-bond donors (Lipinski definition) is 0. The van der Waals surface area contributed by atoms with Crippen LogP contribution in [0.25, 0.3) is 10.2 Å². The minimum Gasteiger partial charge on any atom is -0.493 e. The number of ether oxygens (including phenoxy) is 3. The highest BCUT2D eigenvalue weighted by Crippen LogP contribution is 2.34. The van der Waals surface area contributed by atoms with Crippen LogP contribution in [0.5, 0.6) is 11.5 Å². The summed E-state index contributed by atoms with van der Waals surface area (Å²) in [6.07, 6.45) is 0. The Kier molecular flexibility index (Phi) is 3.81. The summed E-state index contributed by atoms with van der Waals surface area (Å²) in [6.45, 7) is 3.04. The van der Waals surface area contributed by atoms with Crippen LogP contribution in [-0.2, 0) is 4.74 Å². The third kappa shape index (κ3) is 2.68. The fourth-order valence-electron chi connectivity index (χ4n) is 1.56. The first-order chi connectivity index (χ1) is 8.24. The second-order valence-electron chi connectivity index (χ2n) is 3.54. The van der Waals surface area contributed by atoms with Crippen molar-refractivity contribution < 1.29 is 14.2 Å². The lowest BCUT2D eigenvalue weighted by Crippen LogP contribution is -2.05. The van der Waals surface area contributed by atoms with Crippen LogP contribution in [0, 0.1) is 6.92 Å². The van der Waals surface area contributed by atoms with Gasteiger partial charge in [0.2, 0.25) is 0 Å². The fraction of sp³-hybridized carbons (Fsp3) is 0.417. The maximum atomic E-state index is 5.60. The number of fused-ring (bicyclic) bond motifs is 1. The smallest absolute Gasteiger partial charge is 0.163 e. The van der Waals surface area contributed by atoms with Gasteiger partial charge >= 0.3 is 0 Å². The molecule has 1 heterocycles. The van der Waals surface area contributed by atoms with E-state index < -0.39 is 0 Å². The van der Waals surface area contributed by atoms with Crippen LogP contribution < -0.4 is 9.47 Å². The minimum absolute atomic E-state index is 0.501. The van der Waals surface area contributed by atoms with E-state index in [1.54, 1.807) is 25.6 Å². The second-order valence-corrected chi connectivity index (χ2v) is 4.78. The molecule has 0 N–H and O–H groups in total. The van der Waals surface area contributed by atoms with Crippen molar-refractivity contribution in [3.63, 3.8) is 0 Å². The Hall–Kier alpha value is -1.33. The normalized spacial score (nSPS) is 10.8. The van der Waals surface area contributed by atoms with Crippen molar-refractivity contribution >= 4 is 21.6 Å². The topological polar surface area (TPSA) is 40.6 Å². The van der Waals surface area contributed by atoms with Crippen LogP contribution in [-0.4, -0.2) is 32.4 Å². The number of aromatic nitrogens is 1. The van der Waals surface area contributed by atoms with Crippen LogP contribution in [0.15, 0.2) is 12.1 Å². The number of thiazole rings is 1. The van der Waals surface area contributed by atoms with Crippen molar-refractivity contribution in [1.82, 2.24) is 4.98 Å². The third-order valence-corrected chi connectivity index (χ3v) is 3.26. The van der Waals surface area contributed by atoms with Crippen molar-refractivity contribution in [2.24, 2.45) is 0 Å². The Labute approximate surface area is 104 Å². The molecule has 0 saturated carbocycles. The van der Waals surface area contributed by atoms with E-state index in [2.05, 4.69) is 4.98 Å². The van der Waals surface area contributed by atoms with E-state index in [1.807, 2.05) is 19.1 Å². The molecule has 1 aromatic carbocycles. The molecule has 0 atom stereocenters. The quantitative estimate of drug-likeness (QED) is 0.768. The van der Waals surface area contributed by atoms with E-state index in [-0.39, 0.29) is 0 Å². The van der Waals surface area contributed by atoms with E-state index >= 15 is 0 Å². The van der Waals surface area contributed by atoms with Crippen molar-refractivity contribution in [2.75, 3.05) is 27.4 Å². The van der Waals surface area contributed by atoms with E-state index in [0.29, 0.717) is 19.0 Å². The summed E-state index contributed by atoms with van der Waals surface area (Å²) in [7, 11) is 3.28. The van der Waals surface area contributed by atoms with Crippen LogP contribution in [0.3, 0.4) is 0 Å². The lowest BCUT2D eigenvalue weighted by atomic mass is 10.3. The molecule has 5 heteroatoms. The minimum atomic E-state index is 0.501. The van der Waals surface area contributed by atoms with Crippen molar-refractivity contribution in [1.29, 1.82) is 0 Å². The standard InChI is InChI=1S/C12H15NO3S/c1-8-13-9-6-11(16-5-4-14-2)10(15-3)7-12(9)17-8/h6-7H,4-5H2,1-3H3. The molecule has 0 aliphatic rings. The van der Waals surface area contributed by atoms with Gasteiger partial charge in [0.05, 0.1) is 28.9 Å². The zero-order chi connectivity index (χ0) is 12.3. The molecule has 0 amide bonds. The van der Waals surface area contributed by atoms with Crippen molar-refractivity contribution in [3.05, 3.63) is 17.1 Å². The molecule has 4 nitrogen and oxygen atoms in total. The van der Waals surface area contributed by atoms with E-state index in [4.69, 9.17) is 14.2 Å². The molecule has 0 aliphatic carbocycles. The molecule has 0 unspecified atom stereocenters. The summed E-state index contributed by atoms with van der Waals surface area (Å²) >= 11 is 1.65. The Morgan fingerprint density at radius 1 is 1.18 bits per heavy atom. The third-order valence-electron chi connectivity index (χ3n) is 2.33. The average Bonchev–Trinajstić information content (AvgIpc) is 2.67. The predicted molar refractivity (Wildman–Crippen MR) is 68.3 cm³/mol. The summed E-state index contributed by atoms with van der Waals surface area (Å²) in [5, 5.41) is 1.04. The lowest BCUT2D eigenvalue weighted by molar-refractivity contribution is 0.144. The van der Waals surface area contributed by atoms with Gasteiger partial charge in [-0.1, -0.05) is 0 Å². The van der Waals surface area contributed by atoms with Crippen LogP contribution in [0.2, 0.25) is 0 Å². The number of benzene rings is 1. The molecule has 2 aromatic rings. The molecule has 0 aliphatic heterocycles. The first-order valence-electron chi connectivity index (χ1n) is 5.31. The van der Waals surface area contributed by atoms with Crippen LogP contribution in [0.1, 0.15) is 5.01 Å². The van der Waals surface area contributed by atoms with Gasteiger partial charge in [-0.25, -0.2) is 4.98 Å². The Bertz CT molecular complexity index is 510. The first kappa shape index (κ1) is 12.1. The van der Waals surface area contributed by atoms with Gasteiger partial charge in [-0.05, 0) is 6.92 Å². The Morgan fingerprint density at radius 3 is 2.71 bits per heavy atom. The molecule has 0 fully saturated rings. The summed E-state index contributed by atoms with van der Waals surface area (Å²) < 4.78 is 17.0. The monoisotopic (exact) mass is 253 g/mol. The van der Waals surface area contributed by atoms with Crippen molar-refractivity contribution in [3.8, 4) is 11.5 Å². The summed E-state index contributed by atoms with van der Waals surface area (Å²) in [5.74, 6) is 1.44. The molecule has 1 aromatic heterocycles. The zero-order valence-corrected chi connectivity index (χ0v) is 11.0. The number of hydrogen-bond acceptors (Lipinski definition) is 5. The molecule has 17 heavy (non-hydrogen) atoms. The second kappa shape index (κ2) is 5.33. The molecule has 0 radical (unpaired) electrons. The average molecular weight is 253 g/mol. The number of aryl methyl sites for hydroxylation is 1. The SMILES string of the molecule is COCCOc1cc2nc(C)sc2cc1OC. The zero-order valence-electron chi connectivity index (χ0n) is 10.1. The van der Waals surface area contributed by atoms with Gasteiger partial charge in [0.1, 0.15) is 6.61 Å². The molecule has 92 valence electrons. The molecule has 0 bridgehead atoms. The molecule has 2 rings (SSSR count). The van der Waals surface area contributed by atoms with Gasteiger partial charge in [-0.15, -0.1) is 11.3 Å². The molecule has 0 spiro atoms. The van der Waals surface area contributed by atoms with Gasteiger partial charge in [-0.3, -0.25) is 0 Å². The summed E-state index contributed by atoms with van der Waals surface area (Å²) in [6, 6.07) is 3.87. The molecular formula is C12H15NO3S. The van der Waals surface area contributed by atoms with Gasteiger partial charge in [0.25, 0.3) is 0 Å². The van der Waals surface area contributed by atoms with E-state index in [1.165, 1.54) is 0 Å². The van der Waals surface area contributed by atoms with Crippen LogP contribution >= 0.6 is 11.3 Å². The Balaban J connectivity index is 2.31. The molecule has 0 saturated heterocycles. The van der Waals surface area contributed by atoms with Gasteiger partial charge in [-0.2, -0.15) is 0 Å². The van der Waals surface area contributed by atoms with E-state index in [0.717, 1.165) is 21.0 Å². The summed E-state index contributed by atoms with van der Waals surface area (Å²) in [5.41, 5.74) is 0.945. The van der Waals surface area contributed by atoms with Crippen molar-refractivity contribution in [2.45, 2.75) is 6.92 Å². The predicted octanol–water partition coefficient (Wildman–Crippen LogP) is 2.64. The number of methoxy groups -OCH3 is 2. The summed E-state index contributed by atoms with van der Waals surface area (Å²) in [4.78, 5) is 4.43. The fourth-order valence-corrected chi connectivity index (χ4v) is 2.40. The number of rotatable bonds is 5. The highest BCUT2D eigenvalue weighted by molar-refractivity contribution is 7.18. The van der Waals surface area contributed by atoms with Gasteiger partial charge < -0.3 is 14.2 Å². The number of nitrogens with zero attached hydrogens (tertiary/aromatic N) is 1. The van der Waals surface area contributed by atoms with Gasteiger partial charge in [0.15, 0.2) is 11.5 Å². The van der Waals surface area contributed by atoms with E-state index in [9.17, 15) is 0 Å². The highest BCUT2D eigenvalue weighted by Gasteiger charge is 2.09. The highest BCUT2D eigenvalue weighted by atomic mass is 32.1. The maximum Gasteiger partial charge on any atom is 0.163 e. The largest absolute Gasteiger partial charge is 0.493 e. The van der Waals surface area contributed by atoms with Gasteiger partial charge in [0, 0.05) is 19.2 Å². The first-order valence-corrected chi connectivity index (χ1v) is 6.13. The Morgan fingerprint density at radius 2 is 2.00 bits per heavy atom. The lowest BCUT2D eigenvalue weighted by Gasteiger charge is -2.09. The van der Waals surface area contributed by atoms with Crippen LogP contribution in [0.4, 0.5) is 0 Å².